The molecule has 1 N–H and O–H groups in total. The minimum absolute atomic E-state index is 0.00587. The molecule has 1 aromatic heterocycles. The van der Waals surface area contributed by atoms with Gasteiger partial charge in [-0.1, -0.05) is 41.1 Å². The average molecular weight is 531 g/mol. The predicted molar refractivity (Wildman–Crippen MR) is 146 cm³/mol. The minimum Gasteiger partial charge on any atom is -0.507 e. The van der Waals surface area contributed by atoms with Crippen molar-refractivity contribution in [2.45, 2.75) is 39.3 Å². The van der Waals surface area contributed by atoms with Crippen LogP contribution in [0.15, 0.2) is 60.2 Å². The van der Waals surface area contributed by atoms with Crippen LogP contribution in [-0.2, 0) is 16.0 Å². The number of carbonyl (C=O) groups is 2. The third-order valence-electron chi connectivity index (χ3n) is 6.80. The standard InChI is InChI=1S/C29H23ClN2O4S/c1-14-9-15(2)24-22(10-14)37-29(31-24)32-25(17-5-4-6-20(30)13-17)23(27(34)28(32)35)26(33)18-7-8-21-19(12-18)11-16(3)36-21/h4-10,12-13,16,25,33H,11H2,1-3H3/t16-,25+/m1/s1. The maximum Gasteiger partial charge on any atom is 0.301 e. The Morgan fingerprint density at radius 3 is 2.73 bits per heavy atom. The first-order chi connectivity index (χ1) is 17.7. The van der Waals surface area contributed by atoms with Crippen molar-refractivity contribution in [2.75, 3.05) is 4.90 Å². The van der Waals surface area contributed by atoms with Gasteiger partial charge in [0.15, 0.2) is 5.13 Å². The van der Waals surface area contributed by atoms with E-state index in [2.05, 4.69) is 0 Å². The normalized spacial score (nSPS) is 20.5. The molecule has 1 saturated heterocycles. The van der Waals surface area contributed by atoms with Gasteiger partial charge in [0.25, 0.3) is 5.78 Å². The van der Waals surface area contributed by atoms with Crippen molar-refractivity contribution in [3.05, 3.63) is 93.0 Å². The Hall–Kier alpha value is -3.68. The second-order valence-corrected chi connectivity index (χ2v) is 11.0. The van der Waals surface area contributed by atoms with Crippen LogP contribution in [0.5, 0.6) is 5.75 Å². The molecule has 0 unspecified atom stereocenters. The summed E-state index contributed by atoms with van der Waals surface area (Å²) in [5.74, 6) is -0.977. The zero-order valence-corrected chi connectivity index (χ0v) is 22.0. The molecule has 186 valence electrons. The molecule has 0 bridgehead atoms. The van der Waals surface area contributed by atoms with Crippen molar-refractivity contribution < 1.29 is 19.4 Å². The van der Waals surface area contributed by atoms with Crippen LogP contribution in [0.25, 0.3) is 16.0 Å². The number of nitrogens with zero attached hydrogens (tertiary/aromatic N) is 2. The van der Waals surface area contributed by atoms with Crippen molar-refractivity contribution in [3.8, 4) is 5.75 Å². The van der Waals surface area contributed by atoms with Crippen molar-refractivity contribution in [1.29, 1.82) is 0 Å². The topological polar surface area (TPSA) is 79.7 Å². The number of ether oxygens (including phenoxy) is 1. The Kier molecular flexibility index (Phi) is 5.58. The molecule has 8 heteroatoms. The van der Waals surface area contributed by atoms with E-state index >= 15 is 0 Å². The zero-order chi connectivity index (χ0) is 26.0. The fraction of sp³-hybridized carbons (Fsp3) is 0.207. The van der Waals surface area contributed by atoms with Crippen LogP contribution in [0, 0.1) is 13.8 Å². The van der Waals surface area contributed by atoms with Gasteiger partial charge in [0, 0.05) is 17.0 Å². The Morgan fingerprint density at radius 1 is 1.14 bits per heavy atom. The molecule has 6 nitrogen and oxygen atoms in total. The number of aromatic nitrogens is 1. The van der Waals surface area contributed by atoms with Crippen LogP contribution in [0.1, 0.15) is 40.8 Å². The lowest BCUT2D eigenvalue weighted by Gasteiger charge is -2.23. The van der Waals surface area contributed by atoms with Crippen LogP contribution < -0.4 is 9.64 Å². The Balaban J connectivity index is 1.55. The van der Waals surface area contributed by atoms with Crippen LogP contribution in [0.3, 0.4) is 0 Å². The van der Waals surface area contributed by atoms with Crippen LogP contribution >= 0.6 is 22.9 Å². The summed E-state index contributed by atoms with van der Waals surface area (Å²) in [5, 5.41) is 12.3. The molecule has 3 aromatic carbocycles. The maximum absolute atomic E-state index is 13.5. The highest BCUT2D eigenvalue weighted by Crippen LogP contribution is 2.45. The molecule has 37 heavy (non-hydrogen) atoms. The molecular formula is C29H23ClN2O4S. The number of anilines is 1. The first-order valence-corrected chi connectivity index (χ1v) is 13.1. The van der Waals surface area contributed by atoms with Gasteiger partial charge in [-0.3, -0.25) is 14.5 Å². The number of ketones is 1. The van der Waals surface area contributed by atoms with E-state index in [-0.39, 0.29) is 17.4 Å². The summed E-state index contributed by atoms with van der Waals surface area (Å²) >= 11 is 7.67. The number of Topliss-reactive ketones (excluding diaryl/α,β-unsaturated/α-hetero) is 1. The van der Waals surface area contributed by atoms with Crippen LogP contribution in [0.4, 0.5) is 5.13 Å². The Labute approximate surface area is 222 Å². The van der Waals surface area contributed by atoms with Crippen molar-refractivity contribution in [1.82, 2.24) is 4.98 Å². The van der Waals surface area contributed by atoms with Crippen molar-refractivity contribution in [2.24, 2.45) is 0 Å². The van der Waals surface area contributed by atoms with E-state index in [1.165, 1.54) is 16.2 Å². The summed E-state index contributed by atoms with van der Waals surface area (Å²) in [6.45, 7) is 5.96. The maximum atomic E-state index is 13.5. The molecule has 0 radical (unpaired) electrons. The molecule has 2 atom stereocenters. The number of aryl methyl sites for hydroxylation is 2. The highest BCUT2D eigenvalue weighted by atomic mass is 35.5. The van der Waals surface area contributed by atoms with Gasteiger partial charge < -0.3 is 9.84 Å². The van der Waals surface area contributed by atoms with Gasteiger partial charge in [0.05, 0.1) is 21.8 Å². The van der Waals surface area contributed by atoms with Gasteiger partial charge in [0.2, 0.25) is 0 Å². The van der Waals surface area contributed by atoms with E-state index in [1.807, 2.05) is 39.0 Å². The van der Waals surface area contributed by atoms with E-state index in [0.717, 1.165) is 32.7 Å². The summed E-state index contributed by atoms with van der Waals surface area (Å²) in [6.07, 6.45) is 0.739. The predicted octanol–water partition coefficient (Wildman–Crippen LogP) is 6.52. The quantitative estimate of drug-likeness (QED) is 0.185. The lowest BCUT2D eigenvalue weighted by Crippen LogP contribution is -2.29. The molecule has 4 aromatic rings. The van der Waals surface area contributed by atoms with Crippen molar-refractivity contribution >= 4 is 55.7 Å². The Bertz CT molecular complexity index is 1660. The van der Waals surface area contributed by atoms with Gasteiger partial charge in [-0.25, -0.2) is 4.98 Å². The molecule has 0 aliphatic carbocycles. The Morgan fingerprint density at radius 2 is 1.95 bits per heavy atom. The number of fused-ring (bicyclic) bond motifs is 2. The number of amides is 1. The monoisotopic (exact) mass is 530 g/mol. The first kappa shape index (κ1) is 23.7. The summed E-state index contributed by atoms with van der Waals surface area (Å²) < 4.78 is 6.71. The van der Waals surface area contributed by atoms with Gasteiger partial charge in [-0.2, -0.15) is 0 Å². The zero-order valence-electron chi connectivity index (χ0n) is 20.4. The molecule has 6 rings (SSSR count). The van der Waals surface area contributed by atoms with Gasteiger partial charge in [0.1, 0.15) is 17.6 Å². The first-order valence-electron chi connectivity index (χ1n) is 12.0. The molecule has 2 aliphatic heterocycles. The molecule has 1 amide bonds. The second kappa shape index (κ2) is 8.71. The summed E-state index contributed by atoms with van der Waals surface area (Å²) in [5.41, 5.74) is 4.88. The number of halogens is 1. The molecule has 0 spiro atoms. The van der Waals surface area contributed by atoms with E-state index in [0.29, 0.717) is 27.7 Å². The number of thiazole rings is 1. The molecule has 3 heterocycles. The van der Waals surface area contributed by atoms with Gasteiger partial charge in [-0.05, 0) is 79.4 Å². The van der Waals surface area contributed by atoms with E-state index < -0.39 is 17.7 Å². The number of hydrogen-bond donors (Lipinski definition) is 1. The fourth-order valence-electron chi connectivity index (χ4n) is 5.21. The number of aliphatic hydroxyl groups excluding tert-OH is 1. The minimum atomic E-state index is -0.885. The largest absolute Gasteiger partial charge is 0.507 e. The highest BCUT2D eigenvalue weighted by Gasteiger charge is 2.48. The SMILES string of the molecule is Cc1cc(C)c2nc(N3C(=O)C(=O)C(=C(O)c4ccc5c(c4)C[C@@H](C)O5)[C@@H]3c3cccc(Cl)c3)sc2c1. The van der Waals surface area contributed by atoms with E-state index in [9.17, 15) is 14.7 Å². The van der Waals surface area contributed by atoms with Crippen LogP contribution in [0.2, 0.25) is 5.02 Å². The van der Waals surface area contributed by atoms with Crippen LogP contribution in [-0.4, -0.2) is 27.9 Å². The third-order valence-corrected chi connectivity index (χ3v) is 8.04. The second-order valence-electron chi connectivity index (χ2n) is 9.60. The summed E-state index contributed by atoms with van der Waals surface area (Å²) in [7, 11) is 0. The van der Waals surface area contributed by atoms with E-state index in [1.54, 1.807) is 36.4 Å². The summed E-state index contributed by atoms with van der Waals surface area (Å²) in [6, 6.07) is 15.5. The number of hydrogen-bond acceptors (Lipinski definition) is 6. The van der Waals surface area contributed by atoms with Crippen molar-refractivity contribution in [3.63, 3.8) is 0 Å². The number of carbonyl (C=O) groups excluding carboxylic acids is 2. The molecular weight excluding hydrogens is 508 g/mol. The molecule has 0 saturated carbocycles. The third kappa shape index (κ3) is 3.90. The number of aliphatic hydroxyl groups is 1. The smallest absolute Gasteiger partial charge is 0.301 e. The average Bonchev–Trinajstić information content (AvgIpc) is 3.51. The highest BCUT2D eigenvalue weighted by molar-refractivity contribution is 7.22. The van der Waals surface area contributed by atoms with Gasteiger partial charge >= 0.3 is 5.91 Å². The lowest BCUT2D eigenvalue weighted by atomic mass is 9.94. The fourth-order valence-corrected chi connectivity index (χ4v) is 6.58. The molecule has 2 aliphatic rings. The van der Waals surface area contributed by atoms with E-state index in [4.69, 9.17) is 21.3 Å². The number of benzene rings is 3. The molecule has 1 fully saturated rings. The lowest BCUT2D eigenvalue weighted by molar-refractivity contribution is -0.132. The van der Waals surface area contributed by atoms with Gasteiger partial charge in [-0.15, -0.1) is 0 Å². The summed E-state index contributed by atoms with van der Waals surface area (Å²) in [4.78, 5) is 33.2. The number of rotatable bonds is 3.